The Labute approximate surface area is 223 Å². The number of hydrogen-bond donors (Lipinski definition) is 0. The predicted molar refractivity (Wildman–Crippen MR) is 142 cm³/mol. The number of ether oxygens (including phenoxy) is 3. The second kappa shape index (κ2) is 10.8. The summed E-state index contributed by atoms with van der Waals surface area (Å²) in [5.74, 6) is -0.170. The van der Waals surface area contributed by atoms with Gasteiger partial charge in [-0.05, 0) is 53.4 Å². The molecule has 0 unspecified atom stereocenters. The largest absolute Gasteiger partial charge is 0.493 e. The van der Waals surface area contributed by atoms with Gasteiger partial charge in [-0.2, -0.15) is 5.10 Å². The minimum absolute atomic E-state index is 0.0217. The Morgan fingerprint density at radius 3 is 2.74 bits per heavy atom. The van der Waals surface area contributed by atoms with Gasteiger partial charge in [-0.1, -0.05) is 13.8 Å². The summed E-state index contributed by atoms with van der Waals surface area (Å²) >= 11 is 0. The van der Waals surface area contributed by atoms with Crippen LogP contribution in [0.5, 0.6) is 11.5 Å². The number of fused-ring (bicyclic) bond motifs is 2. The second-order valence-corrected chi connectivity index (χ2v) is 9.56. The number of amides is 1. The van der Waals surface area contributed by atoms with Gasteiger partial charge in [0.1, 0.15) is 29.4 Å². The minimum atomic E-state index is -2.20. The van der Waals surface area contributed by atoms with Crippen LogP contribution < -0.4 is 9.47 Å². The van der Waals surface area contributed by atoms with Gasteiger partial charge in [0.2, 0.25) is 0 Å². The lowest BCUT2D eigenvalue weighted by Gasteiger charge is -2.21. The van der Waals surface area contributed by atoms with E-state index in [2.05, 4.69) is 10.1 Å². The summed E-state index contributed by atoms with van der Waals surface area (Å²) in [6, 6.07) is 9.86. The van der Waals surface area contributed by atoms with Crippen molar-refractivity contribution in [2.24, 2.45) is 13.0 Å². The van der Waals surface area contributed by atoms with Crippen molar-refractivity contribution in [3.05, 3.63) is 71.4 Å². The third-order valence-electron chi connectivity index (χ3n) is 6.18. The highest BCUT2D eigenvalue weighted by atomic mass is 19.1. The molecule has 8 nitrogen and oxygen atoms in total. The highest BCUT2D eigenvalue weighted by Crippen LogP contribution is 2.38. The zero-order chi connectivity index (χ0) is 28.6. The maximum Gasteiger partial charge on any atom is 0.256 e. The molecule has 5 rings (SSSR count). The molecule has 0 bridgehead atoms. The maximum atomic E-state index is 16.0. The number of aryl methyl sites for hydroxylation is 1. The smallest absolute Gasteiger partial charge is 0.256 e. The van der Waals surface area contributed by atoms with E-state index >= 15 is 4.39 Å². The van der Waals surface area contributed by atoms with E-state index in [1.807, 2.05) is 26.1 Å². The first-order valence-electron chi connectivity index (χ1n) is 13.4. The van der Waals surface area contributed by atoms with Gasteiger partial charge in [0.05, 0.1) is 40.3 Å². The van der Waals surface area contributed by atoms with E-state index in [-0.39, 0.29) is 35.0 Å². The SMILES string of the molecule is [2H]C1([2H])c2ncccc2C(=O)N1Cc1c(F)cc(-c2ccc(OCCOC)c3nn(C)cc23)cc1OCC(C)C. The van der Waals surface area contributed by atoms with Gasteiger partial charge in [0.25, 0.3) is 5.91 Å². The van der Waals surface area contributed by atoms with E-state index in [9.17, 15) is 4.79 Å². The van der Waals surface area contributed by atoms with Crippen LogP contribution in [-0.2, 0) is 24.8 Å². The third-order valence-corrected chi connectivity index (χ3v) is 6.18. The van der Waals surface area contributed by atoms with Crippen molar-refractivity contribution in [1.29, 1.82) is 0 Å². The van der Waals surface area contributed by atoms with Crippen LogP contribution in [0.25, 0.3) is 22.0 Å². The van der Waals surface area contributed by atoms with Crippen LogP contribution in [0, 0.1) is 11.7 Å². The molecule has 2 aromatic heterocycles. The molecule has 1 amide bonds. The summed E-state index contributed by atoms with van der Waals surface area (Å²) in [5.41, 5.74) is 2.20. The molecule has 0 saturated carbocycles. The van der Waals surface area contributed by atoms with E-state index in [0.717, 1.165) is 15.8 Å². The monoisotopic (exact) mass is 520 g/mol. The van der Waals surface area contributed by atoms with E-state index in [4.69, 9.17) is 17.0 Å². The quantitative estimate of drug-likeness (QED) is 0.274. The molecule has 198 valence electrons. The Morgan fingerprint density at radius 1 is 1.13 bits per heavy atom. The van der Waals surface area contributed by atoms with Crippen molar-refractivity contribution in [1.82, 2.24) is 19.7 Å². The van der Waals surface area contributed by atoms with Crippen LogP contribution in [0.15, 0.2) is 48.8 Å². The first kappa shape index (κ1) is 23.2. The van der Waals surface area contributed by atoms with Gasteiger partial charge in [-0.25, -0.2) is 4.39 Å². The first-order chi connectivity index (χ1) is 19.1. The molecule has 0 spiro atoms. The van der Waals surface area contributed by atoms with Crippen LogP contribution in [0.4, 0.5) is 4.39 Å². The van der Waals surface area contributed by atoms with Gasteiger partial charge in [0, 0.05) is 37.5 Å². The predicted octanol–water partition coefficient (Wildman–Crippen LogP) is 4.99. The number of pyridine rings is 1. The lowest BCUT2D eigenvalue weighted by atomic mass is 9.99. The molecule has 4 aromatic rings. The summed E-state index contributed by atoms with van der Waals surface area (Å²) < 4.78 is 51.8. The average molecular weight is 521 g/mol. The van der Waals surface area contributed by atoms with Crippen molar-refractivity contribution < 1.29 is 26.1 Å². The van der Waals surface area contributed by atoms with E-state index < -0.39 is 18.2 Å². The Balaban J connectivity index is 1.56. The number of hydrogen-bond acceptors (Lipinski definition) is 6. The highest BCUT2D eigenvalue weighted by molar-refractivity contribution is 5.98. The van der Waals surface area contributed by atoms with Gasteiger partial charge in [-0.15, -0.1) is 0 Å². The summed E-state index contributed by atoms with van der Waals surface area (Å²) in [4.78, 5) is 18.2. The van der Waals surface area contributed by atoms with E-state index in [1.165, 1.54) is 18.3 Å². The zero-order valence-corrected chi connectivity index (χ0v) is 21.8. The number of aromatic nitrogens is 3. The van der Waals surface area contributed by atoms with Crippen molar-refractivity contribution in [3.63, 3.8) is 0 Å². The molecule has 3 heterocycles. The van der Waals surface area contributed by atoms with Gasteiger partial charge in [-0.3, -0.25) is 14.5 Å². The van der Waals surface area contributed by atoms with E-state index in [1.54, 1.807) is 37.0 Å². The molecule has 2 aromatic carbocycles. The Kier molecular flexibility index (Phi) is 6.57. The molecule has 0 saturated heterocycles. The van der Waals surface area contributed by atoms with Crippen LogP contribution in [0.3, 0.4) is 0 Å². The van der Waals surface area contributed by atoms with Gasteiger partial charge in [0.15, 0.2) is 0 Å². The molecular formula is C29H31FN4O4. The standard InChI is InChI=1S/C29H31FN4O4/c1-18(2)17-38-27-13-19(20-7-8-26(37-11-10-36-4)28-22(20)14-33(3)32-28)12-24(30)23(27)15-34-16-25-21(29(34)35)6-5-9-31-25/h5-9,12-14,18H,10-11,15-17H2,1-4H3/i16D2. The Morgan fingerprint density at radius 2 is 1.97 bits per heavy atom. The third kappa shape index (κ3) is 5.06. The van der Waals surface area contributed by atoms with Crippen LogP contribution in [-0.4, -0.2) is 52.5 Å². The number of benzene rings is 2. The highest BCUT2D eigenvalue weighted by Gasteiger charge is 2.30. The average Bonchev–Trinajstić information content (AvgIpc) is 3.40. The first-order valence-corrected chi connectivity index (χ1v) is 12.4. The molecular weight excluding hydrogens is 487 g/mol. The molecule has 0 atom stereocenters. The number of carbonyl (C=O) groups excluding carboxylic acids is 1. The lowest BCUT2D eigenvalue weighted by molar-refractivity contribution is 0.0763. The fourth-order valence-electron chi connectivity index (χ4n) is 4.36. The van der Waals surface area contributed by atoms with Gasteiger partial charge >= 0.3 is 0 Å². The molecule has 0 radical (unpaired) electrons. The van der Waals surface area contributed by atoms with Crippen LogP contribution in [0.1, 0.15) is 38.2 Å². The van der Waals surface area contributed by atoms with Crippen molar-refractivity contribution >= 4 is 16.8 Å². The molecule has 0 fully saturated rings. The van der Waals surface area contributed by atoms with E-state index in [0.29, 0.717) is 36.7 Å². The van der Waals surface area contributed by atoms with Crippen LogP contribution in [0.2, 0.25) is 0 Å². The molecule has 9 heteroatoms. The van der Waals surface area contributed by atoms with Crippen molar-refractivity contribution in [2.75, 3.05) is 26.9 Å². The minimum Gasteiger partial charge on any atom is -0.493 e. The van der Waals surface area contributed by atoms with Gasteiger partial charge < -0.3 is 19.1 Å². The zero-order valence-electron chi connectivity index (χ0n) is 23.8. The molecule has 1 aliphatic rings. The summed E-state index contributed by atoms with van der Waals surface area (Å²) in [7, 11) is 3.40. The van der Waals surface area contributed by atoms with Crippen molar-refractivity contribution in [2.45, 2.75) is 26.9 Å². The van der Waals surface area contributed by atoms with Crippen molar-refractivity contribution in [3.8, 4) is 22.6 Å². The second-order valence-electron chi connectivity index (χ2n) is 9.56. The topological polar surface area (TPSA) is 78.7 Å². The summed E-state index contributed by atoms with van der Waals surface area (Å²) in [6.45, 7) is 2.54. The number of rotatable bonds is 10. The maximum absolute atomic E-state index is 16.0. The number of nitrogens with zero attached hydrogens (tertiary/aromatic N) is 4. The fraction of sp³-hybridized carbons (Fsp3) is 0.345. The summed E-state index contributed by atoms with van der Waals surface area (Å²) in [5, 5.41) is 5.32. The Bertz CT molecular complexity index is 1570. The molecule has 0 aliphatic carbocycles. The lowest BCUT2D eigenvalue weighted by Crippen LogP contribution is -2.24. The fourth-order valence-corrected chi connectivity index (χ4v) is 4.36. The molecule has 0 N–H and O–H groups in total. The normalized spacial score (nSPS) is 15.1. The molecule has 1 aliphatic heterocycles. The number of carbonyl (C=O) groups is 1. The number of halogens is 1. The Hall–Kier alpha value is -3.98. The summed E-state index contributed by atoms with van der Waals surface area (Å²) in [6.07, 6.45) is 3.28. The molecule has 38 heavy (non-hydrogen) atoms. The van der Waals surface area contributed by atoms with Crippen LogP contribution >= 0.6 is 0 Å². The number of methoxy groups -OCH3 is 1.